The van der Waals surface area contributed by atoms with Gasteiger partial charge in [0.15, 0.2) is 0 Å². The normalized spacial score (nSPS) is 27.6. The fourth-order valence-corrected chi connectivity index (χ4v) is 3.88. The summed E-state index contributed by atoms with van der Waals surface area (Å²) in [4.78, 5) is 20.9. The standard InChI is InChI=1S/C18H29N3O2/c1-17(2,3)23-16(22)21-13-8-18(14-21)6-11-20(12-7-18)15-4-9-19-10-5-15/h4,9-10,15H,5-8,11-14H2,1-3H3. The van der Waals surface area contributed by atoms with Crippen molar-refractivity contribution in [3.05, 3.63) is 12.3 Å². The van der Waals surface area contributed by atoms with Gasteiger partial charge in [-0.2, -0.15) is 0 Å². The van der Waals surface area contributed by atoms with E-state index < -0.39 is 5.60 Å². The molecule has 2 fully saturated rings. The van der Waals surface area contributed by atoms with Gasteiger partial charge in [0.2, 0.25) is 0 Å². The molecule has 3 aliphatic rings. The van der Waals surface area contributed by atoms with Crippen molar-refractivity contribution in [2.45, 2.75) is 58.1 Å². The molecule has 1 atom stereocenters. The zero-order valence-electron chi connectivity index (χ0n) is 14.6. The maximum absolute atomic E-state index is 12.3. The topological polar surface area (TPSA) is 45.1 Å². The minimum atomic E-state index is -0.412. The monoisotopic (exact) mass is 319 g/mol. The van der Waals surface area contributed by atoms with Crippen LogP contribution in [0.4, 0.5) is 4.79 Å². The Morgan fingerprint density at radius 3 is 2.52 bits per heavy atom. The summed E-state index contributed by atoms with van der Waals surface area (Å²) in [5, 5.41) is 0. The zero-order chi connectivity index (χ0) is 16.5. The highest BCUT2D eigenvalue weighted by Gasteiger charge is 2.43. The van der Waals surface area contributed by atoms with Gasteiger partial charge in [-0.15, -0.1) is 0 Å². The quantitative estimate of drug-likeness (QED) is 0.746. The molecule has 0 aromatic rings. The van der Waals surface area contributed by atoms with Gasteiger partial charge < -0.3 is 9.64 Å². The average molecular weight is 319 g/mol. The van der Waals surface area contributed by atoms with Crippen molar-refractivity contribution < 1.29 is 9.53 Å². The van der Waals surface area contributed by atoms with Crippen LogP contribution in [0.2, 0.25) is 0 Å². The van der Waals surface area contributed by atoms with Gasteiger partial charge in [-0.05, 0) is 64.6 Å². The van der Waals surface area contributed by atoms with Gasteiger partial charge in [0.25, 0.3) is 0 Å². The number of rotatable bonds is 1. The van der Waals surface area contributed by atoms with Gasteiger partial charge in [0.1, 0.15) is 5.60 Å². The molecule has 0 bridgehead atoms. The van der Waals surface area contributed by atoms with Crippen LogP contribution in [0.5, 0.6) is 0 Å². The van der Waals surface area contributed by atoms with Crippen LogP contribution < -0.4 is 0 Å². The largest absolute Gasteiger partial charge is 0.444 e. The molecule has 0 saturated carbocycles. The summed E-state index contributed by atoms with van der Waals surface area (Å²) in [7, 11) is 0. The van der Waals surface area contributed by atoms with E-state index in [0.29, 0.717) is 11.5 Å². The number of carbonyl (C=O) groups excluding carboxylic acids is 1. The molecule has 1 amide bonds. The second-order valence-electron chi connectivity index (χ2n) is 8.16. The molecule has 0 aromatic heterocycles. The van der Waals surface area contributed by atoms with Crippen LogP contribution in [-0.4, -0.2) is 59.9 Å². The first kappa shape index (κ1) is 16.5. The van der Waals surface area contributed by atoms with E-state index in [4.69, 9.17) is 4.74 Å². The van der Waals surface area contributed by atoms with Gasteiger partial charge in [0.05, 0.1) is 0 Å². The molecular weight excluding hydrogens is 290 g/mol. The fourth-order valence-electron chi connectivity index (χ4n) is 3.88. The highest BCUT2D eigenvalue weighted by atomic mass is 16.6. The lowest BCUT2D eigenvalue weighted by Gasteiger charge is -2.42. The van der Waals surface area contributed by atoms with E-state index in [1.807, 2.05) is 38.1 Å². The van der Waals surface area contributed by atoms with Gasteiger partial charge in [-0.25, -0.2) is 4.79 Å². The molecule has 3 rings (SSSR count). The molecule has 2 saturated heterocycles. The van der Waals surface area contributed by atoms with Crippen LogP contribution in [0.15, 0.2) is 17.3 Å². The van der Waals surface area contributed by atoms with Crippen LogP contribution in [-0.2, 0) is 4.74 Å². The van der Waals surface area contributed by atoms with Gasteiger partial charge in [-0.1, -0.05) is 0 Å². The lowest BCUT2D eigenvalue weighted by atomic mass is 9.77. The van der Waals surface area contributed by atoms with Crippen molar-refractivity contribution in [3.8, 4) is 0 Å². The number of aliphatic imine (C=N–C) groups is 1. The van der Waals surface area contributed by atoms with E-state index in [2.05, 4.69) is 16.0 Å². The second-order valence-corrected chi connectivity index (χ2v) is 8.16. The Morgan fingerprint density at radius 2 is 1.91 bits per heavy atom. The first-order chi connectivity index (χ1) is 10.9. The van der Waals surface area contributed by atoms with Crippen LogP contribution >= 0.6 is 0 Å². The van der Waals surface area contributed by atoms with E-state index in [1.54, 1.807) is 0 Å². The number of likely N-dealkylation sites (tertiary alicyclic amines) is 2. The highest BCUT2D eigenvalue weighted by Crippen LogP contribution is 2.41. The number of hydrogen-bond acceptors (Lipinski definition) is 4. The lowest BCUT2D eigenvalue weighted by Crippen LogP contribution is -2.46. The smallest absolute Gasteiger partial charge is 0.410 e. The number of carbonyl (C=O) groups is 1. The maximum atomic E-state index is 12.3. The summed E-state index contributed by atoms with van der Waals surface area (Å²) in [5.74, 6) is 0. The first-order valence-corrected chi connectivity index (χ1v) is 8.77. The summed E-state index contributed by atoms with van der Waals surface area (Å²) in [5.41, 5.74) is -0.106. The zero-order valence-corrected chi connectivity index (χ0v) is 14.6. The first-order valence-electron chi connectivity index (χ1n) is 8.77. The molecule has 0 N–H and O–H groups in total. The van der Waals surface area contributed by atoms with E-state index >= 15 is 0 Å². The predicted molar refractivity (Wildman–Crippen MR) is 91.7 cm³/mol. The molecular formula is C18H29N3O2. The van der Waals surface area contributed by atoms with Gasteiger partial charge >= 0.3 is 6.09 Å². The Bertz CT molecular complexity index is 499. The third-order valence-electron chi connectivity index (χ3n) is 5.26. The Morgan fingerprint density at radius 1 is 1.22 bits per heavy atom. The highest BCUT2D eigenvalue weighted by molar-refractivity contribution is 5.68. The Kier molecular flexibility index (Phi) is 4.50. The summed E-state index contributed by atoms with van der Waals surface area (Å²) in [6.45, 7) is 9.71. The second kappa shape index (κ2) is 6.27. The molecule has 1 spiro atoms. The van der Waals surface area contributed by atoms with Crippen molar-refractivity contribution in [2.75, 3.05) is 26.2 Å². The number of hydrogen-bond donors (Lipinski definition) is 0. The van der Waals surface area contributed by atoms with E-state index in [9.17, 15) is 4.79 Å². The third kappa shape index (κ3) is 3.94. The molecule has 0 radical (unpaired) electrons. The Balaban J connectivity index is 1.52. The summed E-state index contributed by atoms with van der Waals surface area (Å²) >= 11 is 0. The van der Waals surface area contributed by atoms with Gasteiger partial charge in [0, 0.05) is 38.0 Å². The number of amides is 1. The lowest BCUT2D eigenvalue weighted by molar-refractivity contribution is 0.0241. The number of ether oxygens (including phenoxy) is 1. The molecule has 128 valence electrons. The minimum absolute atomic E-state index is 0.150. The Labute approximate surface area is 139 Å². The number of nitrogens with zero attached hydrogens (tertiary/aromatic N) is 3. The maximum Gasteiger partial charge on any atom is 0.410 e. The van der Waals surface area contributed by atoms with E-state index in [1.165, 1.54) is 12.8 Å². The molecule has 0 aliphatic carbocycles. The van der Waals surface area contributed by atoms with Crippen LogP contribution in [0.3, 0.4) is 0 Å². The molecule has 5 nitrogen and oxygen atoms in total. The van der Waals surface area contributed by atoms with Crippen molar-refractivity contribution in [2.24, 2.45) is 10.4 Å². The summed E-state index contributed by atoms with van der Waals surface area (Å²) in [6.07, 6.45) is 10.5. The van der Waals surface area contributed by atoms with Crippen molar-refractivity contribution in [1.29, 1.82) is 0 Å². The molecule has 3 aliphatic heterocycles. The van der Waals surface area contributed by atoms with E-state index in [-0.39, 0.29) is 6.09 Å². The van der Waals surface area contributed by atoms with Crippen molar-refractivity contribution in [1.82, 2.24) is 9.80 Å². The van der Waals surface area contributed by atoms with E-state index in [0.717, 1.165) is 39.0 Å². The number of piperidine rings is 1. The fraction of sp³-hybridized carbons (Fsp3) is 0.778. The summed E-state index contributed by atoms with van der Waals surface area (Å²) < 4.78 is 5.52. The minimum Gasteiger partial charge on any atom is -0.444 e. The predicted octanol–water partition coefficient (Wildman–Crippen LogP) is 3.07. The van der Waals surface area contributed by atoms with Gasteiger partial charge in [-0.3, -0.25) is 9.89 Å². The van der Waals surface area contributed by atoms with Crippen LogP contribution in [0, 0.1) is 5.41 Å². The molecule has 23 heavy (non-hydrogen) atoms. The molecule has 5 heteroatoms. The summed E-state index contributed by atoms with van der Waals surface area (Å²) in [6, 6.07) is 0.508. The SMILES string of the molecule is CC(C)(C)OC(=O)N1CCC2(CCN(C3C=CN=CC3)CC2)C1. The van der Waals surface area contributed by atoms with Crippen LogP contribution in [0.25, 0.3) is 0 Å². The molecule has 3 heterocycles. The van der Waals surface area contributed by atoms with Crippen LogP contribution in [0.1, 0.15) is 46.5 Å². The molecule has 0 aromatic carbocycles. The molecule has 1 unspecified atom stereocenters. The third-order valence-corrected chi connectivity index (χ3v) is 5.26. The van der Waals surface area contributed by atoms with Crippen molar-refractivity contribution >= 4 is 12.3 Å². The Hall–Kier alpha value is -1.36. The average Bonchev–Trinajstić information content (AvgIpc) is 2.91. The van der Waals surface area contributed by atoms with Crippen molar-refractivity contribution in [3.63, 3.8) is 0 Å².